The highest BCUT2D eigenvalue weighted by molar-refractivity contribution is 7.91. The summed E-state index contributed by atoms with van der Waals surface area (Å²) in [5, 5.41) is 8.74. The largest absolute Gasteiger partial charge is 0.252 e. The second-order valence-electron chi connectivity index (χ2n) is 4.73. The molecule has 6 heteroatoms. The average Bonchev–Trinajstić information content (AvgIpc) is 2.76. The summed E-state index contributed by atoms with van der Waals surface area (Å²) in [4.78, 5) is 0.415. The fraction of sp³-hybridized carbons (Fsp3) is 0.583. The van der Waals surface area contributed by atoms with Crippen LogP contribution in [-0.2, 0) is 10.0 Å². The van der Waals surface area contributed by atoms with E-state index in [1.165, 1.54) is 10.4 Å². The molecule has 0 N–H and O–H groups in total. The molecule has 18 heavy (non-hydrogen) atoms. The van der Waals surface area contributed by atoms with Crippen LogP contribution in [0.2, 0.25) is 0 Å². The van der Waals surface area contributed by atoms with Crippen LogP contribution in [0.3, 0.4) is 0 Å². The summed E-state index contributed by atoms with van der Waals surface area (Å²) in [6.07, 6.45) is 0.812. The van der Waals surface area contributed by atoms with E-state index in [9.17, 15) is 8.42 Å². The predicted octanol–water partition coefficient (Wildman–Crippen LogP) is 2.67. The Balaban J connectivity index is 2.96. The Morgan fingerprint density at radius 1 is 1.39 bits per heavy atom. The quantitative estimate of drug-likeness (QED) is 0.836. The zero-order valence-corrected chi connectivity index (χ0v) is 12.7. The molecule has 0 aromatic carbocycles. The third-order valence-corrected chi connectivity index (χ3v) is 6.19. The Kier molecular flexibility index (Phi) is 4.91. The van der Waals surface area contributed by atoms with Crippen molar-refractivity contribution in [2.45, 2.75) is 37.4 Å². The molecular formula is C12H18N2O2S2. The lowest BCUT2D eigenvalue weighted by Crippen LogP contribution is -2.35. The van der Waals surface area contributed by atoms with Crippen LogP contribution in [0.4, 0.5) is 0 Å². The summed E-state index contributed by atoms with van der Waals surface area (Å²) in [5.41, 5.74) is 0. The van der Waals surface area contributed by atoms with E-state index in [1.807, 2.05) is 13.0 Å². The van der Waals surface area contributed by atoms with Gasteiger partial charge in [-0.05, 0) is 31.4 Å². The van der Waals surface area contributed by atoms with Crippen molar-refractivity contribution in [3.8, 4) is 6.07 Å². The Hall–Kier alpha value is -0.900. The van der Waals surface area contributed by atoms with E-state index in [0.717, 1.165) is 17.8 Å². The Labute approximate surface area is 113 Å². The van der Waals surface area contributed by atoms with Gasteiger partial charge in [0.15, 0.2) is 0 Å². The smallest absolute Gasteiger partial charge is 0.206 e. The van der Waals surface area contributed by atoms with E-state index < -0.39 is 10.0 Å². The third kappa shape index (κ3) is 3.31. The maximum absolute atomic E-state index is 12.3. The SMILES string of the molecule is CC(C)CC(C)N(C)S(=O)(=O)c1ccc(C#N)s1. The topological polar surface area (TPSA) is 61.2 Å². The second kappa shape index (κ2) is 5.83. The number of rotatable bonds is 5. The molecule has 4 nitrogen and oxygen atoms in total. The zero-order valence-electron chi connectivity index (χ0n) is 11.0. The molecule has 100 valence electrons. The normalized spacial score (nSPS) is 13.8. The van der Waals surface area contributed by atoms with Gasteiger partial charge in [-0.1, -0.05) is 13.8 Å². The predicted molar refractivity (Wildman–Crippen MR) is 72.9 cm³/mol. The van der Waals surface area contributed by atoms with Gasteiger partial charge in [-0.25, -0.2) is 8.42 Å². The van der Waals surface area contributed by atoms with Crippen molar-refractivity contribution in [3.63, 3.8) is 0 Å². The molecule has 0 aliphatic carbocycles. The minimum absolute atomic E-state index is 0.0531. The van der Waals surface area contributed by atoms with Crippen molar-refractivity contribution in [1.29, 1.82) is 5.26 Å². The fourth-order valence-electron chi connectivity index (χ4n) is 1.73. The van der Waals surface area contributed by atoms with E-state index in [2.05, 4.69) is 13.8 Å². The van der Waals surface area contributed by atoms with Gasteiger partial charge in [-0.3, -0.25) is 0 Å². The van der Waals surface area contributed by atoms with E-state index in [0.29, 0.717) is 10.8 Å². The monoisotopic (exact) mass is 286 g/mol. The molecule has 0 aliphatic heterocycles. The highest BCUT2D eigenvalue weighted by Gasteiger charge is 2.27. The van der Waals surface area contributed by atoms with E-state index in [1.54, 1.807) is 13.1 Å². The van der Waals surface area contributed by atoms with E-state index >= 15 is 0 Å². The molecule has 1 heterocycles. The van der Waals surface area contributed by atoms with Crippen LogP contribution >= 0.6 is 11.3 Å². The zero-order chi connectivity index (χ0) is 13.9. The summed E-state index contributed by atoms with van der Waals surface area (Å²) >= 11 is 1.01. The van der Waals surface area contributed by atoms with Crippen LogP contribution in [0, 0.1) is 17.2 Å². The standard InChI is InChI=1S/C12H18N2O2S2/c1-9(2)7-10(3)14(4)18(15,16)12-6-5-11(8-13)17-12/h5-6,9-10H,7H2,1-4H3. The summed E-state index contributed by atoms with van der Waals surface area (Å²) in [5.74, 6) is 0.440. The van der Waals surface area contributed by atoms with Gasteiger partial charge >= 0.3 is 0 Å². The Morgan fingerprint density at radius 3 is 2.44 bits per heavy atom. The van der Waals surface area contributed by atoms with Crippen molar-refractivity contribution in [2.75, 3.05) is 7.05 Å². The minimum Gasteiger partial charge on any atom is -0.206 e. The molecule has 0 saturated carbocycles. The summed E-state index contributed by atoms with van der Waals surface area (Å²) < 4.78 is 26.2. The molecule has 1 atom stereocenters. The fourth-order valence-corrected chi connectivity index (χ4v) is 4.39. The lowest BCUT2D eigenvalue weighted by Gasteiger charge is -2.24. The second-order valence-corrected chi connectivity index (χ2v) is 8.04. The molecule has 0 bridgehead atoms. The number of hydrogen-bond acceptors (Lipinski definition) is 4. The molecule has 0 radical (unpaired) electrons. The lowest BCUT2D eigenvalue weighted by atomic mass is 10.1. The molecule has 1 rings (SSSR count). The maximum Gasteiger partial charge on any atom is 0.252 e. The van der Waals surface area contributed by atoms with Crippen molar-refractivity contribution in [3.05, 3.63) is 17.0 Å². The molecule has 1 unspecified atom stereocenters. The molecule has 0 aliphatic rings. The number of hydrogen-bond donors (Lipinski definition) is 0. The van der Waals surface area contributed by atoms with Crippen LogP contribution in [-0.4, -0.2) is 25.8 Å². The third-order valence-electron chi connectivity index (χ3n) is 2.76. The minimum atomic E-state index is -3.47. The van der Waals surface area contributed by atoms with E-state index in [-0.39, 0.29) is 10.3 Å². The molecule has 1 aromatic rings. The molecular weight excluding hydrogens is 268 g/mol. The van der Waals surface area contributed by atoms with E-state index in [4.69, 9.17) is 5.26 Å². The summed E-state index contributed by atoms with van der Waals surface area (Å²) in [6.45, 7) is 6.03. The first-order valence-corrected chi connectivity index (χ1v) is 8.02. The van der Waals surface area contributed by atoms with Crippen molar-refractivity contribution in [2.24, 2.45) is 5.92 Å². The average molecular weight is 286 g/mol. The Morgan fingerprint density at radius 2 is 2.00 bits per heavy atom. The lowest BCUT2D eigenvalue weighted by molar-refractivity contribution is 0.338. The first kappa shape index (κ1) is 15.2. The van der Waals surface area contributed by atoms with Gasteiger partial charge in [-0.2, -0.15) is 9.57 Å². The van der Waals surface area contributed by atoms with Crippen LogP contribution in [0.1, 0.15) is 32.1 Å². The maximum atomic E-state index is 12.3. The van der Waals surface area contributed by atoms with Gasteiger partial charge in [0.2, 0.25) is 0 Å². The number of nitriles is 1. The molecule has 0 fully saturated rings. The van der Waals surface area contributed by atoms with Gasteiger partial charge in [0.1, 0.15) is 15.2 Å². The molecule has 0 amide bonds. The van der Waals surface area contributed by atoms with Crippen molar-refractivity contribution in [1.82, 2.24) is 4.31 Å². The van der Waals surface area contributed by atoms with Crippen molar-refractivity contribution < 1.29 is 8.42 Å². The van der Waals surface area contributed by atoms with Crippen LogP contribution < -0.4 is 0 Å². The van der Waals surface area contributed by atoms with Gasteiger partial charge in [-0.15, -0.1) is 11.3 Å². The van der Waals surface area contributed by atoms with Gasteiger partial charge in [0.25, 0.3) is 10.0 Å². The Bertz CT molecular complexity index is 541. The first-order valence-electron chi connectivity index (χ1n) is 5.77. The van der Waals surface area contributed by atoms with Gasteiger partial charge in [0, 0.05) is 13.1 Å². The summed E-state index contributed by atoms with van der Waals surface area (Å²) in [6, 6.07) is 4.94. The molecule has 1 aromatic heterocycles. The van der Waals surface area contributed by atoms with Crippen LogP contribution in [0.15, 0.2) is 16.3 Å². The number of nitrogens with zero attached hydrogens (tertiary/aromatic N) is 2. The van der Waals surface area contributed by atoms with Crippen LogP contribution in [0.5, 0.6) is 0 Å². The highest BCUT2D eigenvalue weighted by Crippen LogP contribution is 2.26. The molecule has 0 spiro atoms. The van der Waals surface area contributed by atoms with Gasteiger partial charge < -0.3 is 0 Å². The van der Waals surface area contributed by atoms with Crippen LogP contribution in [0.25, 0.3) is 0 Å². The van der Waals surface area contributed by atoms with Gasteiger partial charge in [0.05, 0.1) is 0 Å². The summed E-state index contributed by atoms with van der Waals surface area (Å²) in [7, 11) is -1.88. The number of thiophene rings is 1. The number of sulfonamides is 1. The van der Waals surface area contributed by atoms with Crippen molar-refractivity contribution >= 4 is 21.4 Å². The first-order chi connectivity index (χ1) is 8.28. The highest BCUT2D eigenvalue weighted by atomic mass is 32.2. The molecule has 0 saturated heterocycles.